The summed E-state index contributed by atoms with van der Waals surface area (Å²) in [5, 5.41) is 3.06. The van der Waals surface area contributed by atoms with E-state index in [0.717, 1.165) is 10.9 Å². The minimum atomic E-state index is 0.492. The van der Waals surface area contributed by atoms with E-state index in [1.807, 2.05) is 12.1 Å². The minimum Gasteiger partial charge on any atom is -0.305 e. The molecule has 0 aromatic heterocycles. The third-order valence-electron chi connectivity index (χ3n) is 4.04. The number of benzene rings is 1. The van der Waals surface area contributed by atoms with E-state index in [1.165, 1.54) is 37.8 Å². The molecule has 0 saturated heterocycles. The van der Waals surface area contributed by atoms with Gasteiger partial charge >= 0.3 is 0 Å². The molecule has 2 nitrogen and oxygen atoms in total. The molecule has 96 valence electrons. The van der Waals surface area contributed by atoms with Gasteiger partial charge in [0.15, 0.2) is 0 Å². The second-order valence-corrected chi connectivity index (χ2v) is 5.66. The highest BCUT2D eigenvalue weighted by Crippen LogP contribution is 2.33. The van der Waals surface area contributed by atoms with Crippen LogP contribution in [0.25, 0.3) is 0 Å². The van der Waals surface area contributed by atoms with Crippen molar-refractivity contribution in [3.8, 4) is 0 Å². The number of anilines is 1. The molecule has 1 saturated carbocycles. The second-order valence-electron chi connectivity index (χ2n) is 5.22. The highest BCUT2D eigenvalue weighted by atomic mass is 35.5. The molecule has 1 heterocycles. The quantitative estimate of drug-likeness (QED) is 0.862. The standard InChI is InChI=1S/C15H19ClN2/c16-13-6-8-14(9-7-13)18-15(10-11-17-18)12-4-2-1-3-5-12/h6-12,15,17H,1-5H2. The van der Waals surface area contributed by atoms with Crippen LogP contribution in [0.3, 0.4) is 0 Å². The predicted octanol–water partition coefficient (Wildman–Crippen LogP) is 4.13. The average molecular weight is 263 g/mol. The predicted molar refractivity (Wildman–Crippen MR) is 76.6 cm³/mol. The first-order valence-corrected chi connectivity index (χ1v) is 7.20. The van der Waals surface area contributed by atoms with Gasteiger partial charge in [-0.1, -0.05) is 30.9 Å². The normalized spacial score (nSPS) is 24.3. The summed E-state index contributed by atoms with van der Waals surface area (Å²) in [6.45, 7) is 0. The summed E-state index contributed by atoms with van der Waals surface area (Å²) in [6, 6.07) is 8.56. The van der Waals surface area contributed by atoms with Crippen LogP contribution in [-0.2, 0) is 0 Å². The molecule has 1 fully saturated rings. The van der Waals surface area contributed by atoms with Gasteiger partial charge in [0.25, 0.3) is 0 Å². The molecular formula is C15H19ClN2. The van der Waals surface area contributed by atoms with Gasteiger partial charge < -0.3 is 5.43 Å². The first-order valence-electron chi connectivity index (χ1n) is 6.82. The summed E-state index contributed by atoms with van der Waals surface area (Å²) in [4.78, 5) is 0. The van der Waals surface area contributed by atoms with E-state index in [1.54, 1.807) is 0 Å². The second kappa shape index (κ2) is 5.23. The first-order chi connectivity index (χ1) is 8.84. The fraction of sp³-hybridized carbons (Fsp3) is 0.467. The number of nitrogens with one attached hydrogen (secondary N) is 1. The van der Waals surface area contributed by atoms with Gasteiger partial charge in [0.2, 0.25) is 0 Å². The SMILES string of the molecule is Clc1ccc(N2NC=CC2C2CCCCC2)cc1. The topological polar surface area (TPSA) is 15.3 Å². The molecular weight excluding hydrogens is 244 g/mol. The van der Waals surface area contributed by atoms with Gasteiger partial charge in [-0.15, -0.1) is 0 Å². The summed E-state index contributed by atoms with van der Waals surface area (Å²) in [5.41, 5.74) is 4.54. The highest BCUT2D eigenvalue weighted by molar-refractivity contribution is 6.30. The zero-order valence-electron chi connectivity index (χ0n) is 10.5. The Kier molecular flexibility index (Phi) is 3.46. The van der Waals surface area contributed by atoms with Crippen LogP contribution < -0.4 is 10.4 Å². The summed E-state index contributed by atoms with van der Waals surface area (Å²) in [5.74, 6) is 0.778. The van der Waals surface area contributed by atoms with Crippen LogP contribution in [0.15, 0.2) is 36.5 Å². The summed E-state index contributed by atoms with van der Waals surface area (Å²) in [7, 11) is 0. The zero-order valence-corrected chi connectivity index (χ0v) is 11.2. The van der Waals surface area contributed by atoms with Crippen molar-refractivity contribution >= 4 is 17.3 Å². The number of halogens is 1. The lowest BCUT2D eigenvalue weighted by molar-refractivity contribution is 0.323. The lowest BCUT2D eigenvalue weighted by Crippen LogP contribution is -2.42. The van der Waals surface area contributed by atoms with Gasteiger partial charge in [-0.2, -0.15) is 0 Å². The van der Waals surface area contributed by atoms with Crippen LogP contribution in [0.2, 0.25) is 5.02 Å². The maximum absolute atomic E-state index is 5.95. The van der Waals surface area contributed by atoms with Crippen molar-refractivity contribution in [3.05, 3.63) is 41.6 Å². The zero-order chi connectivity index (χ0) is 12.4. The Morgan fingerprint density at radius 1 is 1.06 bits per heavy atom. The largest absolute Gasteiger partial charge is 0.305 e. The van der Waals surface area contributed by atoms with E-state index < -0.39 is 0 Å². The van der Waals surface area contributed by atoms with E-state index in [-0.39, 0.29) is 0 Å². The fourth-order valence-electron chi connectivity index (χ4n) is 3.09. The van der Waals surface area contributed by atoms with Crippen molar-refractivity contribution in [2.75, 3.05) is 5.01 Å². The van der Waals surface area contributed by atoms with Gasteiger partial charge in [-0.25, -0.2) is 0 Å². The van der Waals surface area contributed by atoms with Crippen LogP contribution in [0.5, 0.6) is 0 Å². The van der Waals surface area contributed by atoms with E-state index in [4.69, 9.17) is 11.6 Å². The third kappa shape index (κ3) is 2.35. The van der Waals surface area contributed by atoms with E-state index in [9.17, 15) is 0 Å². The van der Waals surface area contributed by atoms with Crippen molar-refractivity contribution in [3.63, 3.8) is 0 Å². The minimum absolute atomic E-state index is 0.492. The van der Waals surface area contributed by atoms with Crippen LogP contribution in [0, 0.1) is 5.92 Å². The van der Waals surface area contributed by atoms with E-state index in [0.29, 0.717) is 6.04 Å². The Balaban J connectivity index is 1.77. The molecule has 1 aromatic carbocycles. The molecule has 0 amide bonds. The highest BCUT2D eigenvalue weighted by Gasteiger charge is 2.29. The molecule has 0 radical (unpaired) electrons. The number of nitrogens with zero attached hydrogens (tertiary/aromatic N) is 1. The Bertz CT molecular complexity index is 421. The summed E-state index contributed by atoms with van der Waals surface area (Å²) >= 11 is 5.95. The smallest absolute Gasteiger partial charge is 0.0729 e. The molecule has 1 aliphatic heterocycles. The van der Waals surface area contributed by atoms with E-state index in [2.05, 4.69) is 34.8 Å². The molecule has 0 bridgehead atoms. The van der Waals surface area contributed by atoms with Crippen LogP contribution in [-0.4, -0.2) is 6.04 Å². The molecule has 2 aliphatic rings. The van der Waals surface area contributed by atoms with Gasteiger partial charge in [0.1, 0.15) is 0 Å². The molecule has 18 heavy (non-hydrogen) atoms. The molecule has 1 aromatic rings. The van der Waals surface area contributed by atoms with Crippen molar-refractivity contribution in [1.82, 2.24) is 5.43 Å². The first kappa shape index (κ1) is 11.9. The lowest BCUT2D eigenvalue weighted by atomic mass is 9.84. The number of hydrogen-bond donors (Lipinski definition) is 1. The molecule has 3 heteroatoms. The van der Waals surface area contributed by atoms with Gasteiger partial charge in [-0.05, 0) is 49.1 Å². The van der Waals surface area contributed by atoms with Gasteiger partial charge in [0.05, 0.1) is 11.7 Å². The molecule has 0 spiro atoms. The Morgan fingerprint density at radius 2 is 1.78 bits per heavy atom. The van der Waals surface area contributed by atoms with Gasteiger partial charge in [-0.3, -0.25) is 5.01 Å². The summed E-state index contributed by atoms with van der Waals surface area (Å²) < 4.78 is 0. The third-order valence-corrected chi connectivity index (χ3v) is 4.29. The van der Waals surface area contributed by atoms with Crippen molar-refractivity contribution in [2.24, 2.45) is 5.92 Å². The van der Waals surface area contributed by atoms with Crippen molar-refractivity contribution < 1.29 is 0 Å². The molecule has 3 rings (SSSR count). The van der Waals surface area contributed by atoms with Crippen molar-refractivity contribution in [1.29, 1.82) is 0 Å². The average Bonchev–Trinajstić information content (AvgIpc) is 2.90. The van der Waals surface area contributed by atoms with Gasteiger partial charge in [0, 0.05) is 11.2 Å². The maximum Gasteiger partial charge on any atom is 0.0729 e. The molecule has 1 N–H and O–H groups in total. The fourth-order valence-corrected chi connectivity index (χ4v) is 3.21. The van der Waals surface area contributed by atoms with Crippen molar-refractivity contribution in [2.45, 2.75) is 38.1 Å². The monoisotopic (exact) mass is 262 g/mol. The molecule has 1 atom stereocenters. The Morgan fingerprint density at radius 3 is 2.50 bits per heavy atom. The van der Waals surface area contributed by atoms with Crippen LogP contribution >= 0.6 is 11.6 Å². The molecule has 1 aliphatic carbocycles. The number of hydrazine groups is 1. The molecule has 1 unspecified atom stereocenters. The van der Waals surface area contributed by atoms with Crippen LogP contribution in [0.1, 0.15) is 32.1 Å². The van der Waals surface area contributed by atoms with Crippen LogP contribution in [0.4, 0.5) is 5.69 Å². The Hall–Kier alpha value is -1.15. The number of rotatable bonds is 2. The summed E-state index contributed by atoms with van der Waals surface area (Å²) in [6.07, 6.45) is 11.2. The maximum atomic E-state index is 5.95. The lowest BCUT2D eigenvalue weighted by Gasteiger charge is -2.34. The van der Waals surface area contributed by atoms with E-state index >= 15 is 0 Å². The number of hydrogen-bond acceptors (Lipinski definition) is 2. The Labute approximate surface area is 114 Å².